The summed E-state index contributed by atoms with van der Waals surface area (Å²) in [7, 11) is 0. The molecule has 1 atom stereocenters. The molecule has 1 N–H and O–H groups in total. The van der Waals surface area contributed by atoms with Crippen molar-refractivity contribution < 1.29 is 9.84 Å². The summed E-state index contributed by atoms with van der Waals surface area (Å²) in [4.78, 5) is 0. The fourth-order valence-electron chi connectivity index (χ4n) is 1.02. The van der Waals surface area contributed by atoms with Gasteiger partial charge in [0.2, 0.25) is 0 Å². The van der Waals surface area contributed by atoms with Crippen LogP contribution >= 0.6 is 0 Å². The maximum atomic E-state index is 8.97. The molecule has 13 heavy (non-hydrogen) atoms. The van der Waals surface area contributed by atoms with Gasteiger partial charge in [-0.2, -0.15) is 0 Å². The highest BCUT2D eigenvalue weighted by molar-refractivity contribution is 5.13. The van der Waals surface area contributed by atoms with Crippen LogP contribution in [-0.4, -0.2) is 17.8 Å². The van der Waals surface area contributed by atoms with Crippen LogP contribution < -0.4 is 0 Å². The van der Waals surface area contributed by atoms with Crippen LogP contribution in [0.1, 0.15) is 18.9 Å². The lowest BCUT2D eigenvalue weighted by Crippen LogP contribution is -2.05. The standard InChI is InChI=1S/C11H16O2/c1-10(12)7-8-13-9-11-5-3-2-4-6-11/h2-6,10,12H,7-9H2,1H3/t10-/m0/s1. The zero-order chi connectivity index (χ0) is 9.52. The topological polar surface area (TPSA) is 29.5 Å². The average Bonchev–Trinajstić information content (AvgIpc) is 2.14. The minimum Gasteiger partial charge on any atom is -0.393 e. The Morgan fingerprint density at radius 3 is 2.62 bits per heavy atom. The molecule has 0 aliphatic rings. The number of benzene rings is 1. The van der Waals surface area contributed by atoms with Gasteiger partial charge in [-0.3, -0.25) is 0 Å². The van der Waals surface area contributed by atoms with E-state index in [1.807, 2.05) is 30.3 Å². The van der Waals surface area contributed by atoms with Crippen molar-refractivity contribution in [2.75, 3.05) is 6.61 Å². The van der Waals surface area contributed by atoms with E-state index >= 15 is 0 Å². The summed E-state index contributed by atoms with van der Waals surface area (Å²) in [5.74, 6) is 0. The van der Waals surface area contributed by atoms with E-state index in [-0.39, 0.29) is 6.10 Å². The van der Waals surface area contributed by atoms with Crippen molar-refractivity contribution in [3.63, 3.8) is 0 Å². The van der Waals surface area contributed by atoms with Crippen molar-refractivity contribution in [3.8, 4) is 0 Å². The SMILES string of the molecule is C[C@H](O)CCOCc1ccccc1. The van der Waals surface area contributed by atoms with Crippen LogP contribution in [0.2, 0.25) is 0 Å². The Balaban J connectivity index is 2.13. The zero-order valence-corrected chi connectivity index (χ0v) is 7.94. The lowest BCUT2D eigenvalue weighted by molar-refractivity contribution is 0.0801. The van der Waals surface area contributed by atoms with E-state index < -0.39 is 0 Å². The fourth-order valence-corrected chi connectivity index (χ4v) is 1.02. The smallest absolute Gasteiger partial charge is 0.0716 e. The van der Waals surface area contributed by atoms with Crippen molar-refractivity contribution in [2.24, 2.45) is 0 Å². The van der Waals surface area contributed by atoms with E-state index in [1.54, 1.807) is 6.92 Å². The Hall–Kier alpha value is -0.860. The summed E-state index contributed by atoms with van der Waals surface area (Å²) in [6.07, 6.45) is 0.433. The maximum Gasteiger partial charge on any atom is 0.0716 e. The largest absolute Gasteiger partial charge is 0.393 e. The van der Waals surface area contributed by atoms with Crippen LogP contribution in [0.4, 0.5) is 0 Å². The molecular formula is C11H16O2. The van der Waals surface area contributed by atoms with Gasteiger partial charge in [-0.05, 0) is 18.9 Å². The molecule has 0 amide bonds. The van der Waals surface area contributed by atoms with E-state index in [1.165, 1.54) is 5.56 Å². The summed E-state index contributed by atoms with van der Waals surface area (Å²) in [5.41, 5.74) is 1.17. The highest BCUT2D eigenvalue weighted by atomic mass is 16.5. The molecule has 2 heteroatoms. The second-order valence-electron chi connectivity index (χ2n) is 3.18. The first kappa shape index (κ1) is 10.2. The molecule has 0 aliphatic carbocycles. The first-order chi connectivity index (χ1) is 6.29. The van der Waals surface area contributed by atoms with Gasteiger partial charge in [0.25, 0.3) is 0 Å². The van der Waals surface area contributed by atoms with Gasteiger partial charge in [0.15, 0.2) is 0 Å². The Morgan fingerprint density at radius 2 is 2.00 bits per heavy atom. The molecule has 0 aromatic heterocycles. The number of aliphatic hydroxyl groups is 1. The van der Waals surface area contributed by atoms with E-state index in [0.717, 1.165) is 0 Å². The highest BCUT2D eigenvalue weighted by Crippen LogP contribution is 2.01. The number of ether oxygens (including phenoxy) is 1. The molecule has 1 rings (SSSR count). The van der Waals surface area contributed by atoms with Crippen molar-refractivity contribution >= 4 is 0 Å². The normalized spacial score (nSPS) is 12.8. The Labute approximate surface area is 79.2 Å². The van der Waals surface area contributed by atoms with Gasteiger partial charge >= 0.3 is 0 Å². The molecule has 0 unspecified atom stereocenters. The molecule has 72 valence electrons. The van der Waals surface area contributed by atoms with Gasteiger partial charge in [0.05, 0.1) is 12.7 Å². The number of aliphatic hydroxyl groups excluding tert-OH is 1. The van der Waals surface area contributed by atoms with Crippen LogP contribution in [0.25, 0.3) is 0 Å². The number of hydrogen-bond donors (Lipinski definition) is 1. The summed E-state index contributed by atoms with van der Waals surface area (Å²) >= 11 is 0. The van der Waals surface area contributed by atoms with Crippen LogP contribution in [0.3, 0.4) is 0 Å². The monoisotopic (exact) mass is 180 g/mol. The molecule has 1 aromatic rings. The molecule has 0 saturated heterocycles. The van der Waals surface area contributed by atoms with E-state index in [2.05, 4.69) is 0 Å². The average molecular weight is 180 g/mol. The molecule has 0 bridgehead atoms. The minimum absolute atomic E-state index is 0.268. The van der Waals surface area contributed by atoms with E-state index in [4.69, 9.17) is 9.84 Å². The summed E-state index contributed by atoms with van der Waals surface area (Å²) in [6.45, 7) is 3.02. The fraction of sp³-hybridized carbons (Fsp3) is 0.455. The van der Waals surface area contributed by atoms with Crippen molar-refractivity contribution in [3.05, 3.63) is 35.9 Å². The molecule has 0 spiro atoms. The second kappa shape index (κ2) is 5.73. The summed E-state index contributed by atoms with van der Waals surface area (Å²) < 4.78 is 5.37. The molecule has 0 heterocycles. The zero-order valence-electron chi connectivity index (χ0n) is 7.94. The van der Waals surface area contributed by atoms with Gasteiger partial charge in [0.1, 0.15) is 0 Å². The van der Waals surface area contributed by atoms with Crippen molar-refractivity contribution in [1.82, 2.24) is 0 Å². The maximum absolute atomic E-state index is 8.97. The summed E-state index contributed by atoms with van der Waals surface area (Å²) in [5, 5.41) is 8.97. The predicted octanol–water partition coefficient (Wildman–Crippen LogP) is 1.97. The third-order valence-corrected chi connectivity index (χ3v) is 1.79. The highest BCUT2D eigenvalue weighted by Gasteiger charge is 1.95. The van der Waals surface area contributed by atoms with Gasteiger partial charge < -0.3 is 9.84 Å². The van der Waals surface area contributed by atoms with Crippen LogP contribution in [0.15, 0.2) is 30.3 Å². The minimum atomic E-state index is -0.268. The summed E-state index contributed by atoms with van der Waals surface area (Å²) in [6, 6.07) is 10.0. The molecule has 0 radical (unpaired) electrons. The Bertz CT molecular complexity index is 219. The first-order valence-corrected chi connectivity index (χ1v) is 4.59. The number of rotatable bonds is 5. The van der Waals surface area contributed by atoms with Crippen molar-refractivity contribution in [1.29, 1.82) is 0 Å². The van der Waals surface area contributed by atoms with Crippen molar-refractivity contribution in [2.45, 2.75) is 26.1 Å². The van der Waals surface area contributed by atoms with Gasteiger partial charge in [0, 0.05) is 6.61 Å². The third kappa shape index (κ3) is 4.65. The molecule has 0 saturated carbocycles. The first-order valence-electron chi connectivity index (χ1n) is 4.59. The van der Waals surface area contributed by atoms with E-state index in [9.17, 15) is 0 Å². The Morgan fingerprint density at radius 1 is 1.31 bits per heavy atom. The molecule has 0 fully saturated rings. The lowest BCUT2D eigenvalue weighted by Gasteiger charge is -2.05. The second-order valence-corrected chi connectivity index (χ2v) is 3.18. The number of hydrogen-bond acceptors (Lipinski definition) is 2. The van der Waals surface area contributed by atoms with Crippen LogP contribution in [0.5, 0.6) is 0 Å². The molecule has 2 nitrogen and oxygen atoms in total. The van der Waals surface area contributed by atoms with Gasteiger partial charge in [-0.25, -0.2) is 0 Å². The third-order valence-electron chi connectivity index (χ3n) is 1.79. The van der Waals surface area contributed by atoms with E-state index in [0.29, 0.717) is 19.6 Å². The predicted molar refractivity (Wildman–Crippen MR) is 52.4 cm³/mol. The van der Waals surface area contributed by atoms with Crippen LogP contribution in [-0.2, 0) is 11.3 Å². The van der Waals surface area contributed by atoms with Crippen LogP contribution in [0, 0.1) is 0 Å². The quantitative estimate of drug-likeness (QED) is 0.702. The molecular weight excluding hydrogens is 164 g/mol. The van der Waals surface area contributed by atoms with Gasteiger partial charge in [-0.1, -0.05) is 30.3 Å². The Kier molecular flexibility index (Phi) is 4.50. The molecule has 1 aromatic carbocycles. The molecule has 0 aliphatic heterocycles. The lowest BCUT2D eigenvalue weighted by atomic mass is 10.2. The van der Waals surface area contributed by atoms with Gasteiger partial charge in [-0.15, -0.1) is 0 Å².